The van der Waals surface area contributed by atoms with Crippen molar-refractivity contribution in [2.45, 2.75) is 37.9 Å². The Morgan fingerprint density at radius 3 is 2.57 bits per heavy atom. The van der Waals surface area contributed by atoms with E-state index in [4.69, 9.17) is 10.7 Å². The van der Waals surface area contributed by atoms with E-state index >= 15 is 0 Å². The van der Waals surface area contributed by atoms with Gasteiger partial charge >= 0.3 is 12.1 Å². The summed E-state index contributed by atoms with van der Waals surface area (Å²) < 4.78 is 36.2. The van der Waals surface area contributed by atoms with E-state index in [0.29, 0.717) is 22.7 Å². The first kappa shape index (κ1) is 22.8. The summed E-state index contributed by atoms with van der Waals surface area (Å²) in [6.45, 7) is 1.47. The topological polar surface area (TPSA) is 115 Å². The summed E-state index contributed by atoms with van der Waals surface area (Å²) >= 11 is 0. The van der Waals surface area contributed by atoms with Crippen LogP contribution in [0.2, 0.25) is 0 Å². The fraction of sp³-hybridized carbons (Fsp3) is 0.350. The second-order valence-electron chi connectivity index (χ2n) is 6.69. The summed E-state index contributed by atoms with van der Waals surface area (Å²) in [5.41, 5.74) is 1.30. The molecule has 10 heteroatoms. The molecule has 0 radical (unpaired) electrons. The second-order valence-corrected chi connectivity index (χ2v) is 6.69. The molecule has 1 fully saturated rings. The first-order chi connectivity index (χ1) is 14.2. The van der Waals surface area contributed by atoms with E-state index in [1.165, 1.54) is 31.9 Å². The maximum Gasteiger partial charge on any atom is 0.471 e. The molecule has 1 heterocycles. The number of hydrogen-bond acceptors (Lipinski definition) is 6. The lowest BCUT2D eigenvalue weighted by Gasteiger charge is -2.17. The van der Waals surface area contributed by atoms with Crippen LogP contribution in [0.25, 0.3) is 0 Å². The fourth-order valence-corrected chi connectivity index (χ4v) is 2.40. The van der Waals surface area contributed by atoms with E-state index in [1.807, 2.05) is 17.5 Å². The Labute approximate surface area is 171 Å². The molecule has 1 unspecified atom stereocenters. The van der Waals surface area contributed by atoms with Gasteiger partial charge in [-0.2, -0.15) is 18.4 Å². The lowest BCUT2D eigenvalue weighted by molar-refractivity contribution is -0.174. The van der Waals surface area contributed by atoms with Crippen molar-refractivity contribution in [3.63, 3.8) is 0 Å². The highest BCUT2D eigenvalue weighted by atomic mass is 19.4. The molecular formula is C20H21F3N6O. The average Bonchev–Trinajstić information content (AvgIpc) is 3.58. The third kappa shape index (κ3) is 7.16. The Hall–Kier alpha value is -3.48. The lowest BCUT2D eigenvalue weighted by Crippen LogP contribution is -2.44. The zero-order valence-electron chi connectivity index (χ0n) is 16.2. The molecule has 1 aliphatic rings. The number of anilines is 1. The van der Waals surface area contributed by atoms with Gasteiger partial charge in [0.05, 0.1) is 11.6 Å². The summed E-state index contributed by atoms with van der Waals surface area (Å²) in [5.74, 6) is -0.285. The van der Waals surface area contributed by atoms with Crippen molar-refractivity contribution in [1.82, 2.24) is 15.3 Å². The Morgan fingerprint density at radius 1 is 1.37 bits per heavy atom. The molecule has 0 spiro atoms. The number of nitrogens with one attached hydrogen (secondary N) is 3. The van der Waals surface area contributed by atoms with Crippen LogP contribution in [0, 0.1) is 16.7 Å². The SMILES string of the molecule is CC(CNc1ccc(C#N)cc1C=N)NC(=O)C(F)(F)F.c1cnc(C2CC2)nc1. The van der Waals surface area contributed by atoms with Crippen LogP contribution in [0.4, 0.5) is 18.9 Å². The Kier molecular flexibility index (Phi) is 7.86. The van der Waals surface area contributed by atoms with E-state index < -0.39 is 18.1 Å². The number of nitriles is 1. The van der Waals surface area contributed by atoms with Crippen LogP contribution in [-0.4, -0.2) is 40.9 Å². The maximum atomic E-state index is 12.1. The molecule has 1 atom stereocenters. The van der Waals surface area contributed by atoms with Crippen LogP contribution in [0.15, 0.2) is 36.7 Å². The van der Waals surface area contributed by atoms with Gasteiger partial charge in [0.25, 0.3) is 0 Å². The number of carbonyl (C=O) groups is 1. The molecule has 30 heavy (non-hydrogen) atoms. The van der Waals surface area contributed by atoms with Crippen LogP contribution >= 0.6 is 0 Å². The highest BCUT2D eigenvalue weighted by molar-refractivity contribution is 5.86. The molecule has 1 aliphatic carbocycles. The standard InChI is InChI=1S/C13H13F3N4O.C7H8N2/c1-8(20-12(21)13(14,15)16)7-19-11-3-2-9(5-17)4-10(11)6-18;1-4-8-7(9-5-1)6-2-3-6/h2-4,6,8,18-19H,7H2,1H3,(H,20,21);1,4-6H,2-3H2. The Bertz CT molecular complexity index is 907. The van der Waals surface area contributed by atoms with E-state index in [2.05, 4.69) is 15.3 Å². The molecule has 1 aromatic heterocycles. The number of nitrogens with zero attached hydrogens (tertiary/aromatic N) is 3. The van der Waals surface area contributed by atoms with E-state index in [-0.39, 0.29) is 6.54 Å². The summed E-state index contributed by atoms with van der Waals surface area (Å²) in [6, 6.07) is 7.58. The van der Waals surface area contributed by atoms with Crippen LogP contribution in [0.1, 0.15) is 42.6 Å². The summed E-state index contributed by atoms with van der Waals surface area (Å²) in [4.78, 5) is 19.0. The predicted octanol–water partition coefficient (Wildman–Crippen LogP) is 3.39. The monoisotopic (exact) mass is 418 g/mol. The van der Waals surface area contributed by atoms with E-state index in [1.54, 1.807) is 18.5 Å². The van der Waals surface area contributed by atoms with E-state index in [9.17, 15) is 18.0 Å². The molecule has 3 rings (SSSR count). The highest BCUT2D eigenvalue weighted by Crippen LogP contribution is 2.37. The van der Waals surface area contributed by atoms with Gasteiger partial charge in [-0.15, -0.1) is 0 Å². The molecular weight excluding hydrogens is 397 g/mol. The van der Waals surface area contributed by atoms with Crippen molar-refractivity contribution in [2.75, 3.05) is 11.9 Å². The number of halogens is 3. The third-order valence-electron chi connectivity index (χ3n) is 4.10. The smallest absolute Gasteiger partial charge is 0.382 e. The predicted molar refractivity (Wildman–Crippen MR) is 105 cm³/mol. The van der Waals surface area contributed by atoms with Crippen molar-refractivity contribution >= 4 is 17.8 Å². The molecule has 3 N–H and O–H groups in total. The summed E-state index contributed by atoms with van der Waals surface area (Å²) in [5, 5.41) is 20.6. The molecule has 0 saturated heterocycles. The van der Waals surface area contributed by atoms with Gasteiger partial charge in [0.1, 0.15) is 5.82 Å². The molecule has 0 bridgehead atoms. The largest absolute Gasteiger partial charge is 0.471 e. The lowest BCUT2D eigenvalue weighted by atomic mass is 10.1. The number of aromatic nitrogens is 2. The van der Waals surface area contributed by atoms with E-state index in [0.717, 1.165) is 12.0 Å². The number of amides is 1. The van der Waals surface area contributed by atoms with Crippen molar-refractivity contribution in [2.24, 2.45) is 0 Å². The van der Waals surface area contributed by atoms with Crippen molar-refractivity contribution in [3.05, 3.63) is 53.6 Å². The zero-order chi connectivity index (χ0) is 22.1. The summed E-state index contributed by atoms with van der Waals surface area (Å²) in [7, 11) is 0. The minimum absolute atomic E-state index is 0.0502. The van der Waals surface area contributed by atoms with Crippen LogP contribution in [-0.2, 0) is 4.79 Å². The summed E-state index contributed by atoms with van der Waals surface area (Å²) in [6.07, 6.45) is 2.29. The van der Waals surface area contributed by atoms with Gasteiger partial charge in [-0.3, -0.25) is 4.79 Å². The molecule has 1 saturated carbocycles. The number of carbonyl (C=O) groups excluding carboxylic acids is 1. The number of benzene rings is 1. The minimum atomic E-state index is -4.91. The van der Waals surface area contributed by atoms with Crippen molar-refractivity contribution < 1.29 is 18.0 Å². The van der Waals surface area contributed by atoms with Crippen LogP contribution in [0.5, 0.6) is 0 Å². The van der Waals surface area contributed by atoms with Gasteiger partial charge < -0.3 is 16.0 Å². The number of hydrogen-bond donors (Lipinski definition) is 3. The van der Waals surface area contributed by atoms with Gasteiger partial charge in [0, 0.05) is 48.4 Å². The zero-order valence-corrected chi connectivity index (χ0v) is 16.2. The number of alkyl halides is 3. The molecule has 0 aliphatic heterocycles. The first-order valence-electron chi connectivity index (χ1n) is 9.17. The second kappa shape index (κ2) is 10.3. The third-order valence-corrected chi connectivity index (χ3v) is 4.10. The molecule has 7 nitrogen and oxygen atoms in total. The van der Waals surface area contributed by atoms with Gasteiger partial charge in [0.15, 0.2) is 0 Å². The first-order valence-corrected chi connectivity index (χ1v) is 9.17. The highest BCUT2D eigenvalue weighted by Gasteiger charge is 2.39. The number of rotatable bonds is 6. The average molecular weight is 418 g/mol. The quantitative estimate of drug-likeness (QED) is 0.622. The molecule has 158 valence electrons. The van der Waals surface area contributed by atoms with Crippen LogP contribution in [0.3, 0.4) is 0 Å². The van der Waals surface area contributed by atoms with Gasteiger partial charge in [-0.05, 0) is 44.0 Å². The van der Waals surface area contributed by atoms with Gasteiger partial charge in [-0.25, -0.2) is 9.97 Å². The Morgan fingerprint density at radius 2 is 2.03 bits per heavy atom. The van der Waals surface area contributed by atoms with Crippen LogP contribution < -0.4 is 10.6 Å². The maximum absolute atomic E-state index is 12.1. The Balaban J connectivity index is 0.000000290. The van der Waals surface area contributed by atoms with Gasteiger partial charge in [0.2, 0.25) is 0 Å². The fourth-order valence-electron chi connectivity index (χ4n) is 2.40. The normalized spacial score (nSPS) is 13.8. The molecule has 1 aromatic carbocycles. The van der Waals surface area contributed by atoms with Gasteiger partial charge in [-0.1, -0.05) is 0 Å². The van der Waals surface area contributed by atoms with Crippen molar-refractivity contribution in [3.8, 4) is 6.07 Å². The van der Waals surface area contributed by atoms with Crippen molar-refractivity contribution in [1.29, 1.82) is 10.7 Å². The molecule has 1 amide bonds. The molecule has 2 aromatic rings. The minimum Gasteiger partial charge on any atom is -0.382 e.